The minimum absolute atomic E-state index is 0.500. The van der Waals surface area contributed by atoms with E-state index in [9.17, 15) is 0 Å². The standard InChI is InChI=1S/C5H10N2/c1-4-5(6)7(2)3/h4-5H,1H2,2-3H3. The Morgan fingerprint density at radius 3 is 2.14 bits per heavy atom. The highest BCUT2D eigenvalue weighted by Gasteiger charge is 1.97. The van der Waals surface area contributed by atoms with Gasteiger partial charge in [-0.1, -0.05) is 6.08 Å². The molecule has 0 heterocycles. The number of hydrogen-bond donors (Lipinski definition) is 0. The Bertz CT molecular complexity index is 59.1. The molecule has 0 amide bonds. The van der Waals surface area contributed by atoms with Gasteiger partial charge in [0.2, 0.25) is 0 Å². The molecule has 0 spiro atoms. The number of nitrogens with zero attached hydrogens (tertiary/aromatic N) is 2. The average molecular weight is 98.1 g/mol. The van der Waals surface area contributed by atoms with Gasteiger partial charge in [0, 0.05) is 0 Å². The van der Waals surface area contributed by atoms with E-state index in [0.717, 1.165) is 0 Å². The molecule has 0 aliphatic heterocycles. The van der Waals surface area contributed by atoms with Crippen LogP contribution in [0.25, 0.3) is 0 Å². The first-order valence-corrected chi connectivity index (χ1v) is 2.15. The first-order chi connectivity index (χ1) is 3.18. The number of hydrogen-bond acceptors (Lipinski definition) is 1. The molecule has 7 heavy (non-hydrogen) atoms. The maximum atomic E-state index is 8.74. The molecule has 0 aliphatic rings. The lowest BCUT2D eigenvalue weighted by Gasteiger charge is -2.10. The third kappa shape index (κ3) is 2.37. The van der Waals surface area contributed by atoms with Crippen molar-refractivity contribution in [1.29, 1.82) is 0 Å². The Morgan fingerprint density at radius 2 is 2.14 bits per heavy atom. The first-order valence-electron chi connectivity index (χ1n) is 2.15. The summed E-state index contributed by atoms with van der Waals surface area (Å²) in [7, 11) is 3.57. The second kappa shape index (κ2) is 2.77. The first kappa shape index (κ1) is 6.66. The molecule has 2 radical (unpaired) electrons. The summed E-state index contributed by atoms with van der Waals surface area (Å²) in [6, 6.07) is 0. The molecule has 0 aliphatic carbocycles. The lowest BCUT2D eigenvalue weighted by Crippen LogP contribution is -2.26. The Labute approximate surface area is 44.6 Å². The van der Waals surface area contributed by atoms with Gasteiger partial charge in [0.1, 0.15) is 6.17 Å². The summed E-state index contributed by atoms with van der Waals surface area (Å²) in [5.41, 5.74) is 8.74. The molecule has 0 aromatic rings. The van der Waals surface area contributed by atoms with Crippen molar-refractivity contribution in [3.05, 3.63) is 12.7 Å². The summed E-state index contributed by atoms with van der Waals surface area (Å²) in [5, 5.41) is 0. The molecule has 0 rings (SSSR count). The second-order valence-electron chi connectivity index (χ2n) is 1.61. The van der Waals surface area contributed by atoms with Crippen molar-refractivity contribution in [2.24, 2.45) is 0 Å². The van der Waals surface area contributed by atoms with E-state index in [1.807, 2.05) is 0 Å². The van der Waals surface area contributed by atoms with E-state index >= 15 is 0 Å². The molecule has 0 N–H and O–H groups in total. The van der Waals surface area contributed by atoms with Crippen LogP contribution in [0.15, 0.2) is 12.7 Å². The monoisotopic (exact) mass is 98.1 g/mol. The molecule has 40 valence electrons. The Balaban J connectivity index is 3.33. The van der Waals surface area contributed by atoms with Gasteiger partial charge in [-0.15, -0.1) is 12.3 Å². The molecule has 0 bridgehead atoms. The minimum Gasteiger partial charge on any atom is -0.288 e. The second-order valence-corrected chi connectivity index (χ2v) is 1.61. The molecule has 0 aromatic carbocycles. The van der Waals surface area contributed by atoms with E-state index in [2.05, 4.69) is 6.58 Å². The average Bonchev–Trinajstić information content (AvgIpc) is 1.65. The van der Waals surface area contributed by atoms with Crippen LogP contribution >= 0.6 is 0 Å². The highest BCUT2D eigenvalue weighted by molar-refractivity contribution is 4.78. The van der Waals surface area contributed by atoms with Gasteiger partial charge in [-0.2, -0.15) is 0 Å². The van der Waals surface area contributed by atoms with Gasteiger partial charge in [0.15, 0.2) is 0 Å². The van der Waals surface area contributed by atoms with Gasteiger partial charge < -0.3 is 0 Å². The zero-order chi connectivity index (χ0) is 5.86. The maximum Gasteiger partial charge on any atom is 0.113 e. The number of rotatable bonds is 2. The van der Waals surface area contributed by atoms with E-state index in [0.29, 0.717) is 0 Å². The van der Waals surface area contributed by atoms with Crippen LogP contribution < -0.4 is 5.73 Å². The highest BCUT2D eigenvalue weighted by atomic mass is 15.2. The van der Waals surface area contributed by atoms with E-state index < -0.39 is 6.17 Å². The quantitative estimate of drug-likeness (QED) is 0.451. The maximum absolute atomic E-state index is 8.74. The van der Waals surface area contributed by atoms with Crippen molar-refractivity contribution >= 4 is 0 Å². The van der Waals surface area contributed by atoms with Crippen molar-refractivity contribution in [2.45, 2.75) is 6.17 Å². The van der Waals surface area contributed by atoms with Gasteiger partial charge in [-0.3, -0.25) is 4.90 Å². The smallest absolute Gasteiger partial charge is 0.113 e. The van der Waals surface area contributed by atoms with Crippen molar-refractivity contribution in [3.63, 3.8) is 0 Å². The molecular weight excluding hydrogens is 88.1 g/mol. The van der Waals surface area contributed by atoms with Crippen LogP contribution in [0.4, 0.5) is 0 Å². The van der Waals surface area contributed by atoms with Crippen LogP contribution in [0.1, 0.15) is 0 Å². The SMILES string of the molecule is C=CC([N])N(C)C. The fourth-order valence-electron chi connectivity index (χ4n) is 0.211. The molecule has 2 nitrogen and oxygen atoms in total. The Hall–Kier alpha value is -0.340. The van der Waals surface area contributed by atoms with E-state index in [1.54, 1.807) is 19.0 Å². The largest absolute Gasteiger partial charge is 0.288 e. The highest BCUT2D eigenvalue weighted by Crippen LogP contribution is 1.83. The molecule has 2 heteroatoms. The molecule has 0 fully saturated rings. The predicted octanol–water partition coefficient (Wildman–Crippen LogP) is 0.129. The summed E-state index contributed by atoms with van der Waals surface area (Å²) in [6.07, 6.45) is 0.972. The Morgan fingerprint density at radius 1 is 1.71 bits per heavy atom. The van der Waals surface area contributed by atoms with Gasteiger partial charge in [0.05, 0.1) is 0 Å². The molecule has 0 saturated carbocycles. The molecular formula is C5H10N2. The van der Waals surface area contributed by atoms with Crippen LogP contribution in [-0.2, 0) is 0 Å². The summed E-state index contributed by atoms with van der Waals surface area (Å²) in [6.45, 7) is 3.39. The van der Waals surface area contributed by atoms with Gasteiger partial charge >= 0.3 is 0 Å². The van der Waals surface area contributed by atoms with Crippen molar-refractivity contribution in [3.8, 4) is 0 Å². The lowest BCUT2D eigenvalue weighted by molar-refractivity contribution is 0.343. The fraction of sp³-hybridized carbons (Fsp3) is 0.600. The number of likely N-dealkylation sites (N-methyl/N-ethyl adjacent to an activating group) is 1. The Kier molecular flexibility index (Phi) is 2.64. The van der Waals surface area contributed by atoms with E-state index in [-0.39, 0.29) is 0 Å². The summed E-state index contributed by atoms with van der Waals surface area (Å²) in [4.78, 5) is 1.66. The zero-order valence-electron chi connectivity index (χ0n) is 4.76. The molecule has 1 unspecified atom stereocenters. The van der Waals surface area contributed by atoms with Crippen LogP contribution in [0.3, 0.4) is 0 Å². The third-order valence-corrected chi connectivity index (χ3v) is 0.740. The topological polar surface area (TPSA) is 25.5 Å². The van der Waals surface area contributed by atoms with Gasteiger partial charge in [-0.05, 0) is 14.1 Å². The van der Waals surface area contributed by atoms with Crippen molar-refractivity contribution in [2.75, 3.05) is 14.1 Å². The molecule has 0 aromatic heterocycles. The summed E-state index contributed by atoms with van der Waals surface area (Å²) in [5.74, 6) is 0. The van der Waals surface area contributed by atoms with Crippen molar-refractivity contribution < 1.29 is 0 Å². The van der Waals surface area contributed by atoms with Crippen LogP contribution in [0, 0.1) is 0 Å². The summed E-state index contributed by atoms with van der Waals surface area (Å²) < 4.78 is 0. The van der Waals surface area contributed by atoms with Crippen LogP contribution in [0.2, 0.25) is 0 Å². The molecule has 0 saturated heterocycles. The predicted molar refractivity (Wildman–Crippen MR) is 29.8 cm³/mol. The van der Waals surface area contributed by atoms with Crippen LogP contribution in [0.5, 0.6) is 0 Å². The third-order valence-electron chi connectivity index (χ3n) is 0.740. The van der Waals surface area contributed by atoms with E-state index in [1.165, 1.54) is 6.08 Å². The van der Waals surface area contributed by atoms with Crippen molar-refractivity contribution in [1.82, 2.24) is 10.6 Å². The fourth-order valence-corrected chi connectivity index (χ4v) is 0.211. The van der Waals surface area contributed by atoms with Gasteiger partial charge in [0.25, 0.3) is 0 Å². The lowest BCUT2D eigenvalue weighted by atomic mass is 10.5. The normalized spacial score (nSPS) is 14.3. The minimum atomic E-state index is -0.500. The molecule has 1 atom stereocenters. The summed E-state index contributed by atoms with van der Waals surface area (Å²) >= 11 is 0. The van der Waals surface area contributed by atoms with E-state index in [4.69, 9.17) is 5.73 Å². The van der Waals surface area contributed by atoms with Crippen LogP contribution in [-0.4, -0.2) is 25.2 Å². The van der Waals surface area contributed by atoms with Gasteiger partial charge in [-0.25, -0.2) is 0 Å². The zero-order valence-corrected chi connectivity index (χ0v) is 4.76.